The highest BCUT2D eigenvalue weighted by Crippen LogP contribution is 2.23. The van der Waals surface area contributed by atoms with Crippen LogP contribution < -0.4 is 5.32 Å². The second-order valence-corrected chi connectivity index (χ2v) is 5.87. The molecule has 3 nitrogen and oxygen atoms in total. The second kappa shape index (κ2) is 6.73. The first kappa shape index (κ1) is 14.8. The van der Waals surface area contributed by atoms with E-state index in [0.29, 0.717) is 24.7 Å². The lowest BCUT2D eigenvalue weighted by atomic mass is 9.92. The van der Waals surface area contributed by atoms with Crippen LogP contribution in [-0.2, 0) is 16.0 Å². The lowest BCUT2D eigenvalue weighted by molar-refractivity contribution is -0.123. The molecule has 1 heterocycles. The largest absolute Gasteiger partial charge is 0.381 e. The fourth-order valence-corrected chi connectivity index (χ4v) is 3.01. The van der Waals surface area contributed by atoms with E-state index in [2.05, 4.69) is 21.2 Å². The predicted molar refractivity (Wildman–Crippen MR) is 79.9 cm³/mol. The summed E-state index contributed by atoms with van der Waals surface area (Å²) < 4.78 is 5.35. The quantitative estimate of drug-likeness (QED) is 0.851. The van der Waals surface area contributed by atoms with Gasteiger partial charge in [0.05, 0.1) is 12.0 Å². The zero-order valence-electron chi connectivity index (χ0n) is 10.6. The summed E-state index contributed by atoms with van der Waals surface area (Å²) in [5.41, 5.74) is 0.806. The summed E-state index contributed by atoms with van der Waals surface area (Å²) in [5, 5.41) is 4.59. The van der Waals surface area contributed by atoms with Gasteiger partial charge in [-0.15, -0.1) is 0 Å². The van der Waals surface area contributed by atoms with Crippen molar-refractivity contribution in [2.24, 2.45) is 0 Å². The number of ether oxygens (including phenoxy) is 1. The molecule has 1 aliphatic rings. The zero-order valence-corrected chi connectivity index (χ0v) is 13.0. The maximum Gasteiger partial charge on any atom is 0.224 e. The first-order valence-corrected chi connectivity index (χ1v) is 7.83. The van der Waals surface area contributed by atoms with Crippen molar-refractivity contribution in [2.75, 3.05) is 18.5 Å². The lowest BCUT2D eigenvalue weighted by Crippen LogP contribution is -2.53. The van der Waals surface area contributed by atoms with E-state index in [0.717, 1.165) is 23.7 Å². The van der Waals surface area contributed by atoms with E-state index in [-0.39, 0.29) is 11.4 Å². The van der Waals surface area contributed by atoms with E-state index < -0.39 is 0 Å². The Bertz CT molecular complexity index is 430. The number of alkyl halides is 1. The van der Waals surface area contributed by atoms with Gasteiger partial charge in [-0.05, 0) is 30.5 Å². The van der Waals surface area contributed by atoms with Crippen LogP contribution in [0.3, 0.4) is 0 Å². The van der Waals surface area contributed by atoms with Gasteiger partial charge in [0.1, 0.15) is 0 Å². The summed E-state index contributed by atoms with van der Waals surface area (Å²) in [4.78, 5) is 12.1. The van der Waals surface area contributed by atoms with Gasteiger partial charge in [-0.25, -0.2) is 0 Å². The van der Waals surface area contributed by atoms with Gasteiger partial charge in [0, 0.05) is 23.6 Å². The van der Waals surface area contributed by atoms with Crippen molar-refractivity contribution in [1.82, 2.24) is 5.32 Å². The molecule has 0 radical (unpaired) electrons. The number of amides is 1. The minimum absolute atomic E-state index is 0.0451. The Morgan fingerprint density at radius 2 is 1.95 bits per heavy atom. The summed E-state index contributed by atoms with van der Waals surface area (Å²) in [6.07, 6.45) is 2.09. The van der Waals surface area contributed by atoms with Gasteiger partial charge in [-0.2, -0.15) is 0 Å². The van der Waals surface area contributed by atoms with Crippen molar-refractivity contribution < 1.29 is 9.53 Å². The minimum atomic E-state index is -0.165. The average molecular weight is 347 g/mol. The third-order valence-corrected chi connectivity index (χ3v) is 4.71. The topological polar surface area (TPSA) is 38.3 Å². The van der Waals surface area contributed by atoms with Crippen molar-refractivity contribution in [1.29, 1.82) is 0 Å². The standard InChI is InChI=1S/C14H17BrClNO2/c15-10-14(5-7-19-8-6-14)17-13(18)9-11-1-3-12(16)4-2-11/h1-4H,5-10H2,(H,17,18). The van der Waals surface area contributed by atoms with E-state index in [1.165, 1.54) is 0 Å². The van der Waals surface area contributed by atoms with Crippen molar-refractivity contribution >= 4 is 33.4 Å². The van der Waals surface area contributed by atoms with Crippen molar-refractivity contribution in [3.63, 3.8) is 0 Å². The highest BCUT2D eigenvalue weighted by atomic mass is 79.9. The molecule has 0 spiro atoms. The Kier molecular flexibility index (Phi) is 5.25. The Morgan fingerprint density at radius 3 is 2.53 bits per heavy atom. The molecule has 5 heteroatoms. The zero-order chi connectivity index (χ0) is 13.7. The average Bonchev–Trinajstić information content (AvgIpc) is 2.42. The maximum absolute atomic E-state index is 12.1. The van der Waals surface area contributed by atoms with Gasteiger partial charge in [0.2, 0.25) is 5.91 Å². The van der Waals surface area contributed by atoms with Crippen LogP contribution in [0.15, 0.2) is 24.3 Å². The Labute approximate surface area is 126 Å². The predicted octanol–water partition coefficient (Wildman–Crippen LogP) is 2.94. The Hall–Kier alpha value is -0.580. The highest BCUT2D eigenvalue weighted by molar-refractivity contribution is 9.09. The monoisotopic (exact) mass is 345 g/mol. The minimum Gasteiger partial charge on any atom is -0.381 e. The SMILES string of the molecule is O=C(Cc1ccc(Cl)cc1)NC1(CBr)CCOCC1. The fourth-order valence-electron chi connectivity index (χ4n) is 2.18. The molecule has 1 saturated heterocycles. The first-order chi connectivity index (χ1) is 9.13. The molecule has 0 saturated carbocycles. The number of benzene rings is 1. The van der Waals surface area contributed by atoms with E-state index in [4.69, 9.17) is 16.3 Å². The summed E-state index contributed by atoms with van der Waals surface area (Å²) in [6.45, 7) is 1.40. The molecule has 1 amide bonds. The van der Waals surface area contributed by atoms with Gasteiger partial charge < -0.3 is 10.1 Å². The molecular weight excluding hydrogens is 330 g/mol. The maximum atomic E-state index is 12.1. The van der Waals surface area contributed by atoms with E-state index in [1.54, 1.807) is 12.1 Å². The molecule has 1 N–H and O–H groups in total. The van der Waals surface area contributed by atoms with Crippen LogP contribution in [0.5, 0.6) is 0 Å². The molecular formula is C14H17BrClNO2. The van der Waals surface area contributed by atoms with E-state index in [9.17, 15) is 4.79 Å². The molecule has 0 aromatic heterocycles. The molecule has 1 aliphatic heterocycles. The Balaban J connectivity index is 1.94. The smallest absolute Gasteiger partial charge is 0.224 e. The third-order valence-electron chi connectivity index (χ3n) is 3.39. The molecule has 19 heavy (non-hydrogen) atoms. The number of nitrogens with one attached hydrogen (secondary N) is 1. The van der Waals surface area contributed by atoms with Crippen molar-refractivity contribution in [3.05, 3.63) is 34.9 Å². The van der Waals surface area contributed by atoms with Crippen LogP contribution in [0.4, 0.5) is 0 Å². The number of rotatable bonds is 4. The number of hydrogen-bond acceptors (Lipinski definition) is 2. The van der Waals surface area contributed by atoms with Crippen LogP contribution >= 0.6 is 27.5 Å². The first-order valence-electron chi connectivity index (χ1n) is 6.33. The molecule has 0 aliphatic carbocycles. The molecule has 0 bridgehead atoms. The van der Waals surface area contributed by atoms with Crippen molar-refractivity contribution in [3.8, 4) is 0 Å². The molecule has 0 atom stereocenters. The molecule has 1 aromatic carbocycles. The number of carbonyl (C=O) groups is 1. The Morgan fingerprint density at radius 1 is 1.32 bits per heavy atom. The summed E-state index contributed by atoms with van der Waals surface area (Å²) in [5.74, 6) is 0.0451. The van der Waals surface area contributed by atoms with Gasteiger partial charge in [-0.3, -0.25) is 4.79 Å². The molecule has 104 valence electrons. The molecule has 1 fully saturated rings. The molecule has 0 unspecified atom stereocenters. The number of halogens is 2. The van der Waals surface area contributed by atoms with Crippen LogP contribution in [0, 0.1) is 0 Å². The van der Waals surface area contributed by atoms with Gasteiger partial charge >= 0.3 is 0 Å². The summed E-state index contributed by atoms with van der Waals surface area (Å²) in [7, 11) is 0. The third kappa shape index (κ3) is 4.20. The number of hydrogen-bond donors (Lipinski definition) is 1. The van der Waals surface area contributed by atoms with Crippen molar-refractivity contribution in [2.45, 2.75) is 24.8 Å². The lowest BCUT2D eigenvalue weighted by Gasteiger charge is -2.36. The van der Waals surface area contributed by atoms with Gasteiger partial charge in [0.25, 0.3) is 0 Å². The van der Waals surface area contributed by atoms with Crippen LogP contribution in [-0.4, -0.2) is 30.0 Å². The summed E-state index contributed by atoms with van der Waals surface area (Å²) >= 11 is 9.33. The summed E-state index contributed by atoms with van der Waals surface area (Å²) in [6, 6.07) is 7.37. The molecule has 2 rings (SSSR count). The molecule has 1 aromatic rings. The van der Waals surface area contributed by atoms with E-state index in [1.807, 2.05) is 12.1 Å². The van der Waals surface area contributed by atoms with Gasteiger partial charge in [-0.1, -0.05) is 39.7 Å². The highest BCUT2D eigenvalue weighted by Gasteiger charge is 2.32. The van der Waals surface area contributed by atoms with Crippen LogP contribution in [0.2, 0.25) is 5.02 Å². The van der Waals surface area contributed by atoms with Gasteiger partial charge in [0.15, 0.2) is 0 Å². The van der Waals surface area contributed by atoms with E-state index >= 15 is 0 Å². The van der Waals surface area contributed by atoms with Crippen LogP contribution in [0.25, 0.3) is 0 Å². The fraction of sp³-hybridized carbons (Fsp3) is 0.500. The second-order valence-electron chi connectivity index (χ2n) is 4.88. The number of carbonyl (C=O) groups excluding carboxylic acids is 1. The normalized spacial score (nSPS) is 18.0. The van der Waals surface area contributed by atoms with Crippen LogP contribution in [0.1, 0.15) is 18.4 Å².